The highest BCUT2D eigenvalue weighted by molar-refractivity contribution is 7.07. The van der Waals surface area contributed by atoms with Crippen molar-refractivity contribution in [3.63, 3.8) is 0 Å². The average Bonchev–Trinajstić information content (AvgIpc) is 3.52. The first-order valence-electron chi connectivity index (χ1n) is 13.3. The molecule has 4 heterocycles. The number of hydrogen-bond acceptors (Lipinski definition) is 8. The van der Waals surface area contributed by atoms with Crippen LogP contribution in [-0.2, 0) is 12.7 Å². The van der Waals surface area contributed by atoms with Crippen LogP contribution in [0.1, 0.15) is 12.5 Å². The Bertz CT molecular complexity index is 1820. The average molecular weight is 612 g/mol. The summed E-state index contributed by atoms with van der Waals surface area (Å²) in [6.45, 7) is 4.34. The minimum Gasteiger partial charge on any atom is -0.368 e. The molecule has 0 atom stereocenters. The number of aromatic nitrogens is 4. The highest BCUT2D eigenvalue weighted by Crippen LogP contribution is 2.39. The molecule has 13 heteroatoms. The second-order valence-electron chi connectivity index (χ2n) is 9.74. The molecule has 0 bridgehead atoms. The highest BCUT2D eigenvalue weighted by atomic mass is 35.5. The fraction of sp³-hybridized carbons (Fsp3) is 0.241. The third-order valence-electron chi connectivity index (χ3n) is 7.15. The maximum atomic E-state index is 14.0. The van der Waals surface area contributed by atoms with E-state index < -0.39 is 11.7 Å². The number of nitrogens with one attached hydrogen (secondary N) is 2. The van der Waals surface area contributed by atoms with Crippen LogP contribution < -0.4 is 21.1 Å². The molecule has 1 aliphatic rings. The number of alkyl halides is 3. The first kappa shape index (κ1) is 28.1. The standard InChI is InChI=1S/C29H25ClF3N7OS/c1-2-40-26-18(11-21(27(40)41)20-5-3-17(12-23(20)30)24-15-42-16-36-24)14-35-28(38-26)37-19-4-6-25(22(13-19)29(31,32)33)39-9-7-34-8-10-39/h3-6,11-16,34H,2,7-10H2,1H3,(H,35,37,38). The smallest absolute Gasteiger partial charge is 0.368 e. The van der Waals surface area contributed by atoms with Gasteiger partial charge >= 0.3 is 6.18 Å². The van der Waals surface area contributed by atoms with E-state index in [0.717, 1.165) is 17.3 Å². The van der Waals surface area contributed by atoms with Crippen molar-refractivity contribution in [1.82, 2.24) is 24.8 Å². The van der Waals surface area contributed by atoms with Gasteiger partial charge in [0.2, 0.25) is 5.95 Å². The summed E-state index contributed by atoms with van der Waals surface area (Å²) in [5, 5.41) is 8.95. The number of hydrogen-bond donors (Lipinski definition) is 2. The molecule has 0 radical (unpaired) electrons. The molecule has 0 spiro atoms. The van der Waals surface area contributed by atoms with Gasteiger partial charge in [0.25, 0.3) is 5.56 Å². The predicted molar refractivity (Wildman–Crippen MR) is 161 cm³/mol. The molecule has 1 fully saturated rings. The highest BCUT2D eigenvalue weighted by Gasteiger charge is 2.35. The Kier molecular flexibility index (Phi) is 7.60. The zero-order valence-electron chi connectivity index (χ0n) is 22.4. The molecule has 1 aliphatic heterocycles. The van der Waals surface area contributed by atoms with Crippen molar-refractivity contribution in [3.8, 4) is 22.4 Å². The molecule has 0 unspecified atom stereocenters. The molecule has 1 saturated heterocycles. The van der Waals surface area contributed by atoms with E-state index >= 15 is 0 Å². The minimum atomic E-state index is -4.54. The van der Waals surface area contributed by atoms with E-state index in [9.17, 15) is 18.0 Å². The predicted octanol–water partition coefficient (Wildman–Crippen LogP) is 6.43. The Balaban J connectivity index is 1.35. The normalized spacial score (nSPS) is 14.0. The van der Waals surface area contributed by atoms with Gasteiger partial charge in [0, 0.05) is 82.8 Å². The number of anilines is 3. The van der Waals surface area contributed by atoms with Gasteiger partial charge in [0.05, 0.1) is 16.8 Å². The topological polar surface area (TPSA) is 88.0 Å². The van der Waals surface area contributed by atoms with Crippen molar-refractivity contribution >= 4 is 51.3 Å². The Morgan fingerprint density at radius 3 is 2.57 bits per heavy atom. The number of fused-ring (bicyclic) bond motifs is 1. The molecule has 216 valence electrons. The zero-order chi connectivity index (χ0) is 29.4. The number of benzene rings is 2. The third-order valence-corrected chi connectivity index (χ3v) is 8.05. The van der Waals surface area contributed by atoms with Crippen molar-refractivity contribution in [2.75, 3.05) is 36.4 Å². The van der Waals surface area contributed by atoms with Crippen molar-refractivity contribution in [3.05, 3.63) is 80.5 Å². The lowest BCUT2D eigenvalue weighted by molar-refractivity contribution is -0.137. The van der Waals surface area contributed by atoms with Gasteiger partial charge in [-0.3, -0.25) is 9.36 Å². The molecule has 6 rings (SSSR count). The van der Waals surface area contributed by atoms with Gasteiger partial charge in [-0.25, -0.2) is 9.97 Å². The largest absolute Gasteiger partial charge is 0.418 e. The summed E-state index contributed by atoms with van der Waals surface area (Å²) in [5.41, 5.74) is 3.99. The minimum absolute atomic E-state index is 0.0746. The summed E-state index contributed by atoms with van der Waals surface area (Å²) in [5.74, 6) is 0.0746. The number of thiazole rings is 1. The fourth-order valence-electron chi connectivity index (χ4n) is 5.10. The summed E-state index contributed by atoms with van der Waals surface area (Å²) < 4.78 is 43.6. The monoisotopic (exact) mass is 611 g/mol. The number of nitrogens with zero attached hydrogens (tertiary/aromatic N) is 5. The SMILES string of the molecule is CCn1c(=O)c(-c2ccc(-c3cscn3)cc2Cl)cc2cnc(Nc3ccc(N4CCNCC4)c(C(F)(F)F)c3)nc21. The van der Waals surface area contributed by atoms with Gasteiger partial charge < -0.3 is 15.5 Å². The molecular weight excluding hydrogens is 587 g/mol. The van der Waals surface area contributed by atoms with Gasteiger partial charge in [0.15, 0.2) is 0 Å². The van der Waals surface area contributed by atoms with Crippen LogP contribution >= 0.6 is 22.9 Å². The third kappa shape index (κ3) is 5.44. The van der Waals surface area contributed by atoms with Crippen molar-refractivity contribution < 1.29 is 13.2 Å². The van der Waals surface area contributed by atoms with Crippen LogP contribution in [0.15, 0.2) is 64.3 Å². The van der Waals surface area contributed by atoms with Gasteiger partial charge in [0.1, 0.15) is 5.65 Å². The summed E-state index contributed by atoms with van der Waals surface area (Å²) in [7, 11) is 0. The lowest BCUT2D eigenvalue weighted by atomic mass is 10.0. The molecule has 2 aromatic carbocycles. The lowest BCUT2D eigenvalue weighted by Gasteiger charge is -2.31. The van der Waals surface area contributed by atoms with Crippen LogP contribution in [0.4, 0.5) is 30.5 Å². The van der Waals surface area contributed by atoms with Crippen LogP contribution in [0.2, 0.25) is 5.02 Å². The molecule has 42 heavy (non-hydrogen) atoms. The van der Waals surface area contributed by atoms with E-state index in [1.807, 2.05) is 18.4 Å². The maximum Gasteiger partial charge on any atom is 0.418 e. The number of aryl methyl sites for hydroxylation is 1. The van der Waals surface area contributed by atoms with Gasteiger partial charge in [-0.05, 0) is 37.3 Å². The van der Waals surface area contributed by atoms with Crippen molar-refractivity contribution in [1.29, 1.82) is 0 Å². The Labute approximate surface area is 247 Å². The van der Waals surface area contributed by atoms with Crippen molar-refractivity contribution in [2.24, 2.45) is 0 Å². The number of rotatable bonds is 6. The zero-order valence-corrected chi connectivity index (χ0v) is 23.9. The molecule has 0 aliphatic carbocycles. The van der Waals surface area contributed by atoms with E-state index in [4.69, 9.17) is 11.6 Å². The van der Waals surface area contributed by atoms with Crippen LogP contribution in [0, 0.1) is 0 Å². The molecule has 3 aromatic heterocycles. The van der Waals surface area contributed by atoms with Gasteiger partial charge in [-0.2, -0.15) is 18.2 Å². The second-order valence-corrected chi connectivity index (χ2v) is 10.9. The van der Waals surface area contributed by atoms with E-state index in [1.54, 1.807) is 34.7 Å². The van der Waals surface area contributed by atoms with Gasteiger partial charge in [-0.15, -0.1) is 11.3 Å². The molecule has 5 aromatic rings. The second kappa shape index (κ2) is 11.3. The molecule has 0 saturated carbocycles. The Morgan fingerprint density at radius 2 is 1.88 bits per heavy atom. The maximum absolute atomic E-state index is 14.0. The van der Waals surface area contributed by atoms with E-state index in [1.165, 1.54) is 28.2 Å². The Morgan fingerprint density at radius 1 is 1.07 bits per heavy atom. The molecule has 0 amide bonds. The van der Waals surface area contributed by atoms with Crippen molar-refractivity contribution in [2.45, 2.75) is 19.6 Å². The summed E-state index contributed by atoms with van der Waals surface area (Å²) in [6.07, 6.45) is -3.00. The summed E-state index contributed by atoms with van der Waals surface area (Å²) >= 11 is 8.10. The quantitative estimate of drug-likeness (QED) is 0.229. The number of halogens is 4. The first-order chi connectivity index (χ1) is 20.2. The van der Waals surface area contributed by atoms with E-state index in [0.29, 0.717) is 59.9 Å². The first-order valence-corrected chi connectivity index (χ1v) is 14.6. The molecule has 2 N–H and O–H groups in total. The molecule has 8 nitrogen and oxygen atoms in total. The van der Waals surface area contributed by atoms with Crippen LogP contribution in [0.25, 0.3) is 33.4 Å². The summed E-state index contributed by atoms with van der Waals surface area (Å²) in [4.78, 5) is 28.5. The lowest BCUT2D eigenvalue weighted by Crippen LogP contribution is -2.44. The van der Waals surface area contributed by atoms with Crippen LogP contribution in [0.5, 0.6) is 0 Å². The van der Waals surface area contributed by atoms with E-state index in [-0.39, 0.29) is 22.9 Å². The van der Waals surface area contributed by atoms with E-state index in [2.05, 4.69) is 25.6 Å². The van der Waals surface area contributed by atoms with Crippen LogP contribution in [0.3, 0.4) is 0 Å². The number of piperazine rings is 1. The van der Waals surface area contributed by atoms with Crippen LogP contribution in [-0.4, -0.2) is 45.7 Å². The fourth-order valence-corrected chi connectivity index (χ4v) is 5.95. The summed E-state index contributed by atoms with van der Waals surface area (Å²) in [6, 6.07) is 11.2. The number of pyridine rings is 1. The molecular formula is C29H25ClF3N7OS. The van der Waals surface area contributed by atoms with Gasteiger partial charge in [-0.1, -0.05) is 23.7 Å². The Hall–Kier alpha value is -4.00.